The molecule has 0 fully saturated rings. The van der Waals surface area contributed by atoms with Gasteiger partial charge in [0.25, 0.3) is 0 Å². The second-order valence-electron chi connectivity index (χ2n) is 3.93. The van der Waals surface area contributed by atoms with Gasteiger partial charge in [-0.2, -0.15) is 0 Å². The van der Waals surface area contributed by atoms with Crippen molar-refractivity contribution in [3.05, 3.63) is 51.5 Å². The van der Waals surface area contributed by atoms with Gasteiger partial charge in [-0.3, -0.25) is 0 Å². The zero-order chi connectivity index (χ0) is 14.5. The summed E-state index contributed by atoms with van der Waals surface area (Å²) in [5, 5.41) is 1.67. The smallest absolute Gasteiger partial charge is 0.156 e. The Labute approximate surface area is 137 Å². The Morgan fingerprint density at radius 3 is 2.45 bits per heavy atom. The fourth-order valence-corrected chi connectivity index (χ4v) is 3.12. The average Bonchev–Trinajstić information content (AvgIpc) is 2.41. The quantitative estimate of drug-likeness (QED) is 0.446. The van der Waals surface area contributed by atoms with Gasteiger partial charge in [0.2, 0.25) is 0 Å². The number of ether oxygens (including phenoxy) is 1. The van der Waals surface area contributed by atoms with Crippen LogP contribution in [-0.2, 0) is 0 Å². The third-order valence-electron chi connectivity index (χ3n) is 2.48. The zero-order valence-corrected chi connectivity index (χ0v) is 13.5. The first-order chi connectivity index (χ1) is 9.58. The Kier molecular flexibility index (Phi) is 5.73. The van der Waals surface area contributed by atoms with Crippen LogP contribution in [-0.4, -0.2) is 12.4 Å². The lowest BCUT2D eigenvalue weighted by Crippen LogP contribution is -2.01. The summed E-state index contributed by atoms with van der Waals surface area (Å²) in [5.74, 6) is 1.22. The molecule has 0 saturated heterocycles. The number of anilines is 1. The first-order valence-electron chi connectivity index (χ1n) is 5.82. The summed E-state index contributed by atoms with van der Waals surface area (Å²) in [7, 11) is 0. The van der Waals surface area contributed by atoms with Gasteiger partial charge < -0.3 is 10.5 Å². The molecule has 2 aromatic carbocycles. The molecular formula is C14H12Cl3NOS. The molecule has 20 heavy (non-hydrogen) atoms. The van der Waals surface area contributed by atoms with E-state index in [1.807, 2.05) is 6.07 Å². The molecule has 0 spiro atoms. The van der Waals surface area contributed by atoms with Gasteiger partial charge in [-0.15, -0.1) is 11.8 Å². The number of benzene rings is 2. The van der Waals surface area contributed by atoms with E-state index in [4.69, 9.17) is 45.3 Å². The van der Waals surface area contributed by atoms with Gasteiger partial charge in [0.15, 0.2) is 5.75 Å². The lowest BCUT2D eigenvalue weighted by molar-refractivity contribution is 0.344. The highest BCUT2D eigenvalue weighted by molar-refractivity contribution is 7.99. The highest BCUT2D eigenvalue weighted by atomic mass is 35.5. The molecule has 0 bridgehead atoms. The average molecular weight is 349 g/mol. The largest absolute Gasteiger partial charge is 0.490 e. The van der Waals surface area contributed by atoms with E-state index in [1.165, 1.54) is 0 Å². The Bertz CT molecular complexity index is 587. The molecule has 2 aromatic rings. The standard InChI is InChI=1S/C14H12Cl3NOS/c15-9-4-5-12(18)13(8-9)20-7-6-19-14-10(16)2-1-3-11(14)17/h1-5,8H,6-7,18H2. The van der Waals surface area contributed by atoms with Crippen molar-refractivity contribution in [1.82, 2.24) is 0 Å². The molecule has 2 N–H and O–H groups in total. The van der Waals surface area contributed by atoms with Crippen LogP contribution in [0.4, 0.5) is 5.69 Å². The number of para-hydroxylation sites is 1. The van der Waals surface area contributed by atoms with E-state index in [1.54, 1.807) is 42.1 Å². The predicted octanol–water partition coefficient (Wildman–Crippen LogP) is 5.40. The van der Waals surface area contributed by atoms with Crippen molar-refractivity contribution >= 4 is 52.3 Å². The second kappa shape index (κ2) is 7.32. The van der Waals surface area contributed by atoms with Crippen LogP contribution < -0.4 is 10.5 Å². The first-order valence-corrected chi connectivity index (χ1v) is 7.94. The Morgan fingerprint density at radius 2 is 1.75 bits per heavy atom. The molecule has 0 aromatic heterocycles. The summed E-state index contributed by atoms with van der Waals surface area (Å²) in [6.45, 7) is 0.472. The molecular weight excluding hydrogens is 337 g/mol. The predicted molar refractivity (Wildman–Crippen MR) is 88.5 cm³/mol. The van der Waals surface area contributed by atoms with Crippen molar-refractivity contribution in [2.24, 2.45) is 0 Å². The van der Waals surface area contributed by atoms with Crippen LogP contribution in [0.15, 0.2) is 41.3 Å². The second-order valence-corrected chi connectivity index (χ2v) is 6.32. The normalized spacial score (nSPS) is 10.6. The van der Waals surface area contributed by atoms with Crippen molar-refractivity contribution in [3.8, 4) is 5.75 Å². The summed E-state index contributed by atoms with van der Waals surface area (Å²) >= 11 is 19.5. The fourth-order valence-electron chi connectivity index (χ4n) is 1.55. The third kappa shape index (κ3) is 4.13. The third-order valence-corrected chi connectivity index (χ3v) is 4.35. The number of thioether (sulfide) groups is 1. The van der Waals surface area contributed by atoms with E-state index in [0.717, 1.165) is 4.90 Å². The van der Waals surface area contributed by atoms with Gasteiger partial charge in [0.05, 0.1) is 16.7 Å². The monoisotopic (exact) mass is 347 g/mol. The van der Waals surface area contributed by atoms with E-state index in [2.05, 4.69) is 0 Å². The highest BCUT2D eigenvalue weighted by Gasteiger charge is 2.07. The molecule has 0 aliphatic rings. The van der Waals surface area contributed by atoms with E-state index in [-0.39, 0.29) is 0 Å². The molecule has 0 unspecified atom stereocenters. The van der Waals surface area contributed by atoms with E-state index in [0.29, 0.717) is 38.9 Å². The van der Waals surface area contributed by atoms with Crippen LogP contribution in [0.1, 0.15) is 0 Å². The number of hydrogen-bond donors (Lipinski definition) is 1. The van der Waals surface area contributed by atoms with Gasteiger partial charge in [-0.05, 0) is 30.3 Å². The molecule has 6 heteroatoms. The van der Waals surface area contributed by atoms with Crippen LogP contribution >= 0.6 is 46.6 Å². The van der Waals surface area contributed by atoms with Crippen LogP contribution in [0, 0.1) is 0 Å². The van der Waals surface area contributed by atoms with Gasteiger partial charge >= 0.3 is 0 Å². The molecule has 0 saturated carbocycles. The van der Waals surface area contributed by atoms with Gasteiger partial charge in [0, 0.05) is 21.4 Å². The molecule has 0 aliphatic heterocycles. The van der Waals surface area contributed by atoms with Crippen molar-refractivity contribution in [3.63, 3.8) is 0 Å². The van der Waals surface area contributed by atoms with E-state index in [9.17, 15) is 0 Å². The fraction of sp³-hybridized carbons (Fsp3) is 0.143. The molecule has 0 aliphatic carbocycles. The Morgan fingerprint density at radius 1 is 1.05 bits per heavy atom. The Hall–Kier alpha value is -0.740. The number of halogens is 3. The molecule has 0 atom stereocenters. The van der Waals surface area contributed by atoms with Crippen molar-refractivity contribution in [2.75, 3.05) is 18.1 Å². The molecule has 2 rings (SSSR count). The summed E-state index contributed by atoms with van der Waals surface area (Å²) in [4.78, 5) is 0.936. The summed E-state index contributed by atoms with van der Waals surface area (Å²) in [6.07, 6.45) is 0. The Balaban J connectivity index is 1.89. The first kappa shape index (κ1) is 15.6. The molecule has 0 heterocycles. The maximum atomic E-state index is 6.02. The molecule has 0 radical (unpaired) electrons. The van der Waals surface area contributed by atoms with Crippen molar-refractivity contribution < 1.29 is 4.74 Å². The lowest BCUT2D eigenvalue weighted by atomic mass is 10.3. The minimum Gasteiger partial charge on any atom is -0.490 e. The van der Waals surface area contributed by atoms with Gasteiger partial charge in [-0.1, -0.05) is 40.9 Å². The summed E-state index contributed by atoms with van der Waals surface area (Å²) < 4.78 is 5.60. The van der Waals surface area contributed by atoms with Gasteiger partial charge in [0.1, 0.15) is 0 Å². The van der Waals surface area contributed by atoms with Crippen LogP contribution in [0.3, 0.4) is 0 Å². The molecule has 106 valence electrons. The number of nitrogen functional groups attached to an aromatic ring is 1. The van der Waals surface area contributed by atoms with Crippen molar-refractivity contribution in [1.29, 1.82) is 0 Å². The zero-order valence-electron chi connectivity index (χ0n) is 10.4. The molecule has 2 nitrogen and oxygen atoms in total. The van der Waals surface area contributed by atoms with Crippen LogP contribution in [0.25, 0.3) is 0 Å². The van der Waals surface area contributed by atoms with E-state index < -0.39 is 0 Å². The lowest BCUT2D eigenvalue weighted by Gasteiger charge is -2.10. The summed E-state index contributed by atoms with van der Waals surface area (Å²) in [5.41, 5.74) is 6.57. The number of rotatable bonds is 5. The maximum absolute atomic E-state index is 6.02. The minimum atomic E-state index is 0.472. The van der Waals surface area contributed by atoms with Crippen LogP contribution in [0.2, 0.25) is 15.1 Å². The van der Waals surface area contributed by atoms with Crippen LogP contribution in [0.5, 0.6) is 5.75 Å². The minimum absolute atomic E-state index is 0.472. The van der Waals surface area contributed by atoms with Crippen molar-refractivity contribution in [2.45, 2.75) is 4.90 Å². The van der Waals surface area contributed by atoms with Gasteiger partial charge in [-0.25, -0.2) is 0 Å². The SMILES string of the molecule is Nc1ccc(Cl)cc1SCCOc1c(Cl)cccc1Cl. The topological polar surface area (TPSA) is 35.2 Å². The summed E-state index contributed by atoms with van der Waals surface area (Å²) in [6, 6.07) is 10.6. The van der Waals surface area contributed by atoms with E-state index >= 15 is 0 Å². The number of nitrogens with two attached hydrogens (primary N) is 1. The molecule has 0 amide bonds. The highest BCUT2D eigenvalue weighted by Crippen LogP contribution is 2.33. The maximum Gasteiger partial charge on any atom is 0.156 e. The number of hydrogen-bond acceptors (Lipinski definition) is 3.